The van der Waals surface area contributed by atoms with E-state index in [4.69, 9.17) is 0 Å². The second kappa shape index (κ2) is 9.46. The molecule has 152 valence electrons. The Morgan fingerprint density at radius 2 is 1.74 bits per heavy atom. The number of carbonyl (C=O) groups excluding carboxylic acids is 1. The maximum absolute atomic E-state index is 12.8. The standard InChI is InChI=1S/C20H30N4O.2ClH/c1-24-12-6-15(7-13-24)22-17-4-2-3-5-18(17)23-19(25)16-14-20(16)8-10-21-11-9-20;;/h2-5,15-16,21-22H,6-14H2,1H3,(H,23,25);2*1H. The van der Waals surface area contributed by atoms with Crippen molar-refractivity contribution in [1.82, 2.24) is 10.2 Å². The highest BCUT2D eigenvalue weighted by molar-refractivity contribution is 5.97. The van der Waals surface area contributed by atoms with Gasteiger partial charge in [-0.2, -0.15) is 0 Å². The Kier molecular flexibility index (Phi) is 7.81. The molecule has 4 rings (SSSR count). The Balaban J connectivity index is 0.00000131. The summed E-state index contributed by atoms with van der Waals surface area (Å²) in [6.07, 6.45) is 5.64. The van der Waals surface area contributed by atoms with Gasteiger partial charge in [0, 0.05) is 12.0 Å². The van der Waals surface area contributed by atoms with Gasteiger partial charge in [0.25, 0.3) is 0 Å². The van der Waals surface area contributed by atoms with Crippen molar-refractivity contribution >= 4 is 42.1 Å². The summed E-state index contributed by atoms with van der Waals surface area (Å²) < 4.78 is 0. The number of para-hydroxylation sites is 2. The molecule has 0 bridgehead atoms. The molecule has 1 aliphatic carbocycles. The molecular weight excluding hydrogens is 383 g/mol. The first kappa shape index (κ1) is 22.3. The highest BCUT2D eigenvalue weighted by Crippen LogP contribution is 2.58. The lowest BCUT2D eigenvalue weighted by atomic mass is 9.92. The number of likely N-dealkylation sites (tertiary alicyclic amines) is 1. The molecule has 0 aromatic heterocycles. The zero-order valence-corrected chi connectivity index (χ0v) is 17.6. The molecule has 1 aromatic carbocycles. The molecule has 0 radical (unpaired) electrons. The lowest BCUT2D eigenvalue weighted by molar-refractivity contribution is -0.118. The predicted octanol–water partition coefficient (Wildman–Crippen LogP) is 3.36. The van der Waals surface area contributed by atoms with Crippen molar-refractivity contribution in [2.45, 2.75) is 38.1 Å². The molecule has 1 atom stereocenters. The van der Waals surface area contributed by atoms with Gasteiger partial charge in [-0.3, -0.25) is 4.79 Å². The first-order valence-corrected chi connectivity index (χ1v) is 9.72. The van der Waals surface area contributed by atoms with Gasteiger partial charge in [0.1, 0.15) is 0 Å². The quantitative estimate of drug-likeness (QED) is 0.706. The Morgan fingerprint density at radius 3 is 2.41 bits per heavy atom. The zero-order valence-electron chi connectivity index (χ0n) is 16.0. The topological polar surface area (TPSA) is 56.4 Å². The van der Waals surface area contributed by atoms with Crippen LogP contribution in [0.5, 0.6) is 0 Å². The number of halogens is 2. The summed E-state index contributed by atoms with van der Waals surface area (Å²) in [6, 6.07) is 8.64. The Hall–Kier alpha value is -1.01. The van der Waals surface area contributed by atoms with Crippen molar-refractivity contribution in [3.63, 3.8) is 0 Å². The number of rotatable bonds is 4. The first-order valence-electron chi connectivity index (χ1n) is 9.72. The third kappa shape index (κ3) is 5.08. The van der Waals surface area contributed by atoms with Gasteiger partial charge in [0.05, 0.1) is 11.4 Å². The van der Waals surface area contributed by atoms with Crippen LogP contribution in [0.25, 0.3) is 0 Å². The van der Waals surface area contributed by atoms with E-state index < -0.39 is 0 Å². The van der Waals surface area contributed by atoms with E-state index in [1.54, 1.807) is 0 Å². The van der Waals surface area contributed by atoms with Gasteiger partial charge >= 0.3 is 0 Å². The Bertz CT molecular complexity index is 628. The third-order valence-electron chi connectivity index (χ3n) is 6.37. The molecule has 27 heavy (non-hydrogen) atoms. The van der Waals surface area contributed by atoms with Crippen LogP contribution in [-0.2, 0) is 4.79 Å². The fraction of sp³-hybridized carbons (Fsp3) is 0.650. The number of hydrogen-bond donors (Lipinski definition) is 3. The number of nitrogens with one attached hydrogen (secondary N) is 3. The normalized spacial score (nSPS) is 24.4. The van der Waals surface area contributed by atoms with E-state index >= 15 is 0 Å². The maximum atomic E-state index is 12.8. The lowest BCUT2D eigenvalue weighted by Gasteiger charge is -2.30. The minimum atomic E-state index is 0. The number of carbonyl (C=O) groups is 1. The van der Waals surface area contributed by atoms with Gasteiger partial charge < -0.3 is 20.9 Å². The van der Waals surface area contributed by atoms with E-state index in [2.05, 4.69) is 34.0 Å². The summed E-state index contributed by atoms with van der Waals surface area (Å²) in [7, 11) is 2.18. The van der Waals surface area contributed by atoms with Gasteiger partial charge in [0.2, 0.25) is 5.91 Å². The van der Waals surface area contributed by atoms with E-state index in [1.807, 2.05) is 18.2 Å². The molecule has 2 saturated heterocycles. The van der Waals surface area contributed by atoms with E-state index in [-0.39, 0.29) is 42.1 Å². The predicted molar refractivity (Wildman–Crippen MR) is 116 cm³/mol. The van der Waals surface area contributed by atoms with Crippen LogP contribution in [0.3, 0.4) is 0 Å². The van der Waals surface area contributed by atoms with Crippen LogP contribution in [0, 0.1) is 11.3 Å². The summed E-state index contributed by atoms with van der Waals surface area (Å²) in [5, 5.41) is 10.3. The molecule has 1 saturated carbocycles. The first-order chi connectivity index (χ1) is 12.2. The van der Waals surface area contributed by atoms with Crippen molar-refractivity contribution in [2.24, 2.45) is 11.3 Å². The van der Waals surface area contributed by atoms with Crippen molar-refractivity contribution in [3.8, 4) is 0 Å². The number of hydrogen-bond acceptors (Lipinski definition) is 4. The molecular formula is C20H32Cl2N4O. The molecule has 3 aliphatic rings. The fourth-order valence-electron chi connectivity index (χ4n) is 4.51. The molecule has 7 heteroatoms. The highest BCUT2D eigenvalue weighted by Gasteiger charge is 2.57. The maximum Gasteiger partial charge on any atom is 0.228 e. The SMILES string of the molecule is CN1CCC(Nc2ccccc2NC(=O)C2CC23CCNCC3)CC1.Cl.Cl. The van der Waals surface area contributed by atoms with Crippen LogP contribution in [-0.4, -0.2) is 50.1 Å². The summed E-state index contributed by atoms with van der Waals surface area (Å²) >= 11 is 0. The number of benzene rings is 1. The molecule has 3 N–H and O–H groups in total. The summed E-state index contributed by atoms with van der Waals surface area (Å²) in [5.41, 5.74) is 2.28. The molecule has 2 heterocycles. The van der Waals surface area contributed by atoms with Crippen LogP contribution in [0.1, 0.15) is 32.1 Å². The minimum absolute atomic E-state index is 0. The van der Waals surface area contributed by atoms with E-state index in [1.165, 1.54) is 0 Å². The minimum Gasteiger partial charge on any atom is -0.381 e. The number of piperidine rings is 2. The molecule has 1 spiro atoms. The smallest absolute Gasteiger partial charge is 0.228 e. The van der Waals surface area contributed by atoms with Gasteiger partial charge in [-0.05, 0) is 82.9 Å². The van der Waals surface area contributed by atoms with Crippen molar-refractivity contribution in [2.75, 3.05) is 43.9 Å². The van der Waals surface area contributed by atoms with Crippen LogP contribution in [0.15, 0.2) is 24.3 Å². The van der Waals surface area contributed by atoms with E-state index in [0.717, 1.165) is 69.7 Å². The van der Waals surface area contributed by atoms with Crippen LogP contribution >= 0.6 is 24.8 Å². The number of nitrogens with zero attached hydrogens (tertiary/aromatic N) is 1. The summed E-state index contributed by atoms with van der Waals surface area (Å²) in [5.74, 6) is 0.408. The monoisotopic (exact) mass is 414 g/mol. The average Bonchev–Trinajstić information content (AvgIpc) is 3.32. The molecule has 2 aliphatic heterocycles. The highest BCUT2D eigenvalue weighted by atomic mass is 35.5. The zero-order chi connectivity index (χ0) is 17.3. The Labute approximate surface area is 174 Å². The van der Waals surface area contributed by atoms with Crippen LogP contribution < -0.4 is 16.0 Å². The number of amides is 1. The molecule has 1 amide bonds. The molecule has 1 unspecified atom stereocenters. The third-order valence-corrected chi connectivity index (χ3v) is 6.37. The Morgan fingerprint density at radius 1 is 1.11 bits per heavy atom. The van der Waals surface area contributed by atoms with Gasteiger partial charge in [-0.25, -0.2) is 0 Å². The van der Waals surface area contributed by atoms with Crippen LogP contribution in [0.4, 0.5) is 11.4 Å². The fourth-order valence-corrected chi connectivity index (χ4v) is 4.51. The second-order valence-electron chi connectivity index (χ2n) is 8.13. The lowest BCUT2D eigenvalue weighted by Crippen LogP contribution is -2.37. The van der Waals surface area contributed by atoms with Gasteiger partial charge in [-0.1, -0.05) is 12.1 Å². The van der Waals surface area contributed by atoms with Gasteiger partial charge in [-0.15, -0.1) is 24.8 Å². The van der Waals surface area contributed by atoms with Gasteiger partial charge in [0.15, 0.2) is 0 Å². The number of anilines is 2. The molecule has 3 fully saturated rings. The van der Waals surface area contributed by atoms with E-state index in [0.29, 0.717) is 6.04 Å². The van der Waals surface area contributed by atoms with Crippen LogP contribution in [0.2, 0.25) is 0 Å². The van der Waals surface area contributed by atoms with Crippen molar-refractivity contribution in [1.29, 1.82) is 0 Å². The summed E-state index contributed by atoms with van der Waals surface area (Å²) in [4.78, 5) is 15.1. The van der Waals surface area contributed by atoms with Crippen molar-refractivity contribution in [3.05, 3.63) is 24.3 Å². The molecule has 5 nitrogen and oxygen atoms in total. The van der Waals surface area contributed by atoms with E-state index in [9.17, 15) is 4.79 Å². The largest absolute Gasteiger partial charge is 0.381 e. The molecule has 1 aromatic rings. The average molecular weight is 415 g/mol. The summed E-state index contributed by atoms with van der Waals surface area (Å²) in [6.45, 7) is 4.37. The van der Waals surface area contributed by atoms with Crippen molar-refractivity contribution < 1.29 is 4.79 Å². The second-order valence-corrected chi connectivity index (χ2v) is 8.13.